The van der Waals surface area contributed by atoms with Crippen molar-refractivity contribution in [3.63, 3.8) is 0 Å². The van der Waals surface area contributed by atoms with Crippen molar-refractivity contribution in [3.05, 3.63) is 28.8 Å². The molecule has 2 saturated carbocycles. The van der Waals surface area contributed by atoms with Gasteiger partial charge in [0, 0.05) is 18.3 Å². The smallest absolute Gasteiger partial charge is 0.331 e. The summed E-state index contributed by atoms with van der Waals surface area (Å²) in [7, 11) is 0. The number of hydrogen-bond acceptors (Lipinski definition) is 3. The number of amides is 1. The molecule has 0 bridgehead atoms. The average molecular weight is 356 g/mol. The Morgan fingerprint density at radius 3 is 2.50 bits per heavy atom. The highest BCUT2D eigenvalue weighted by Crippen LogP contribution is 2.30. The largest absolute Gasteiger partial charge is 0.352 e. The molecular formula is C20H28N4O2. The lowest BCUT2D eigenvalue weighted by atomic mass is 10.1. The topological polar surface area (TPSA) is 68.9 Å². The van der Waals surface area contributed by atoms with Gasteiger partial charge in [0.2, 0.25) is 5.91 Å². The third kappa shape index (κ3) is 3.41. The molecule has 0 saturated heterocycles. The Morgan fingerprint density at radius 1 is 1.08 bits per heavy atom. The first-order chi connectivity index (χ1) is 12.7. The van der Waals surface area contributed by atoms with Crippen LogP contribution in [0.2, 0.25) is 0 Å². The minimum Gasteiger partial charge on any atom is -0.352 e. The standard InChI is InChI=1S/C20H28N4O2/c25-18(22-15-8-3-1-2-4-9-15)14-23-17-12-7-13-21-19(17)24(20(23)26)16-10-5-6-11-16/h7,12-13,15-16H,1-6,8-11,14H2,(H,22,25). The summed E-state index contributed by atoms with van der Waals surface area (Å²) in [6.45, 7) is 0.0806. The predicted molar refractivity (Wildman–Crippen MR) is 101 cm³/mol. The molecule has 26 heavy (non-hydrogen) atoms. The maximum absolute atomic E-state index is 13.1. The van der Waals surface area contributed by atoms with Crippen LogP contribution >= 0.6 is 0 Å². The van der Waals surface area contributed by atoms with E-state index in [1.54, 1.807) is 10.8 Å². The normalized spacial score (nSPS) is 19.7. The van der Waals surface area contributed by atoms with E-state index in [0.29, 0.717) is 5.65 Å². The zero-order chi connectivity index (χ0) is 17.9. The van der Waals surface area contributed by atoms with E-state index in [1.807, 2.05) is 16.7 Å². The van der Waals surface area contributed by atoms with E-state index >= 15 is 0 Å². The van der Waals surface area contributed by atoms with Gasteiger partial charge in [-0.25, -0.2) is 9.78 Å². The van der Waals surface area contributed by atoms with Gasteiger partial charge in [-0.3, -0.25) is 13.9 Å². The van der Waals surface area contributed by atoms with E-state index in [2.05, 4.69) is 10.3 Å². The molecular weight excluding hydrogens is 328 g/mol. The third-order valence-electron chi connectivity index (χ3n) is 5.93. The van der Waals surface area contributed by atoms with Crippen molar-refractivity contribution in [1.29, 1.82) is 0 Å². The van der Waals surface area contributed by atoms with Crippen LogP contribution in [0.15, 0.2) is 23.1 Å². The van der Waals surface area contributed by atoms with Crippen LogP contribution in [0, 0.1) is 0 Å². The molecule has 1 N–H and O–H groups in total. The lowest BCUT2D eigenvalue weighted by Gasteiger charge is -2.16. The molecule has 2 fully saturated rings. The first-order valence-electron chi connectivity index (χ1n) is 10.1. The molecule has 2 aromatic rings. The van der Waals surface area contributed by atoms with Crippen molar-refractivity contribution in [2.45, 2.75) is 82.8 Å². The zero-order valence-corrected chi connectivity index (χ0v) is 15.3. The van der Waals surface area contributed by atoms with E-state index in [0.717, 1.165) is 44.0 Å². The van der Waals surface area contributed by atoms with E-state index in [9.17, 15) is 9.59 Å². The number of aromatic nitrogens is 3. The van der Waals surface area contributed by atoms with Crippen molar-refractivity contribution in [2.75, 3.05) is 0 Å². The highest BCUT2D eigenvalue weighted by atomic mass is 16.2. The van der Waals surface area contributed by atoms with Crippen LogP contribution in [0.25, 0.3) is 11.2 Å². The Labute approximate surface area is 153 Å². The number of rotatable bonds is 4. The second kappa shape index (κ2) is 7.64. The van der Waals surface area contributed by atoms with Crippen LogP contribution in [-0.2, 0) is 11.3 Å². The molecule has 4 rings (SSSR count). The fourth-order valence-electron chi connectivity index (χ4n) is 4.59. The monoisotopic (exact) mass is 356 g/mol. The minimum absolute atomic E-state index is 0.0617. The van der Waals surface area contributed by atoms with Crippen LogP contribution in [-0.4, -0.2) is 26.1 Å². The molecule has 0 aromatic carbocycles. The van der Waals surface area contributed by atoms with Gasteiger partial charge in [0.05, 0.1) is 5.52 Å². The first-order valence-corrected chi connectivity index (χ1v) is 10.1. The molecule has 0 unspecified atom stereocenters. The van der Waals surface area contributed by atoms with Crippen molar-refractivity contribution < 1.29 is 4.79 Å². The van der Waals surface area contributed by atoms with E-state index in [-0.39, 0.29) is 30.2 Å². The number of carbonyl (C=O) groups is 1. The summed E-state index contributed by atoms with van der Waals surface area (Å²) in [5.74, 6) is -0.0617. The van der Waals surface area contributed by atoms with Crippen LogP contribution in [0.5, 0.6) is 0 Å². The van der Waals surface area contributed by atoms with Crippen molar-refractivity contribution in [3.8, 4) is 0 Å². The van der Waals surface area contributed by atoms with Gasteiger partial charge in [-0.05, 0) is 37.8 Å². The number of carbonyl (C=O) groups excluding carboxylic acids is 1. The molecule has 1 amide bonds. The van der Waals surface area contributed by atoms with E-state index in [4.69, 9.17) is 0 Å². The summed E-state index contributed by atoms with van der Waals surface area (Å²) in [6, 6.07) is 4.20. The summed E-state index contributed by atoms with van der Waals surface area (Å²) in [5.41, 5.74) is 1.38. The quantitative estimate of drug-likeness (QED) is 0.856. The lowest BCUT2D eigenvalue weighted by molar-refractivity contribution is -0.122. The molecule has 6 heteroatoms. The summed E-state index contributed by atoms with van der Waals surface area (Å²) in [4.78, 5) is 30.1. The first kappa shape index (κ1) is 17.3. The van der Waals surface area contributed by atoms with Gasteiger partial charge in [0.1, 0.15) is 6.54 Å². The minimum atomic E-state index is -0.0957. The molecule has 140 valence electrons. The Bertz CT molecular complexity index is 824. The average Bonchev–Trinajstić information content (AvgIpc) is 3.16. The third-order valence-corrected chi connectivity index (χ3v) is 5.93. The van der Waals surface area contributed by atoms with Crippen LogP contribution in [0.4, 0.5) is 0 Å². The zero-order valence-electron chi connectivity index (χ0n) is 15.3. The number of fused-ring (bicyclic) bond motifs is 1. The van der Waals surface area contributed by atoms with Gasteiger partial charge in [-0.2, -0.15) is 0 Å². The number of nitrogens with zero attached hydrogens (tertiary/aromatic N) is 3. The van der Waals surface area contributed by atoms with E-state index in [1.165, 1.54) is 25.7 Å². The SMILES string of the molecule is O=C(Cn1c(=O)n(C2CCCC2)c2ncccc21)NC1CCCCCC1. The Morgan fingerprint density at radius 2 is 1.77 bits per heavy atom. The molecule has 2 aromatic heterocycles. The van der Waals surface area contributed by atoms with Gasteiger partial charge in [0.15, 0.2) is 5.65 Å². The van der Waals surface area contributed by atoms with Gasteiger partial charge >= 0.3 is 5.69 Å². The van der Waals surface area contributed by atoms with Crippen molar-refractivity contribution in [2.24, 2.45) is 0 Å². The highest BCUT2D eigenvalue weighted by Gasteiger charge is 2.25. The molecule has 2 aliphatic carbocycles. The fourth-order valence-corrected chi connectivity index (χ4v) is 4.59. The van der Waals surface area contributed by atoms with Crippen molar-refractivity contribution >= 4 is 17.1 Å². The van der Waals surface area contributed by atoms with Gasteiger partial charge in [-0.15, -0.1) is 0 Å². The second-order valence-electron chi connectivity index (χ2n) is 7.78. The lowest BCUT2D eigenvalue weighted by Crippen LogP contribution is -2.39. The maximum atomic E-state index is 13.1. The molecule has 0 spiro atoms. The molecule has 0 radical (unpaired) electrons. The summed E-state index contributed by atoms with van der Waals surface area (Å²) in [6.07, 6.45) is 13.0. The predicted octanol–water partition coefficient (Wildman–Crippen LogP) is 3.15. The number of nitrogens with one attached hydrogen (secondary N) is 1. The Balaban J connectivity index is 1.58. The molecule has 0 aliphatic heterocycles. The summed E-state index contributed by atoms with van der Waals surface area (Å²) >= 11 is 0. The summed E-state index contributed by atoms with van der Waals surface area (Å²) < 4.78 is 3.42. The van der Waals surface area contributed by atoms with Gasteiger partial charge < -0.3 is 5.32 Å². The fraction of sp³-hybridized carbons (Fsp3) is 0.650. The summed E-state index contributed by atoms with van der Waals surface area (Å²) in [5, 5.41) is 3.15. The van der Waals surface area contributed by atoms with Crippen LogP contribution in [0.1, 0.15) is 70.3 Å². The van der Waals surface area contributed by atoms with Gasteiger partial charge in [-0.1, -0.05) is 38.5 Å². The molecule has 6 nitrogen and oxygen atoms in total. The number of imidazole rings is 1. The Hall–Kier alpha value is -2.11. The number of pyridine rings is 1. The van der Waals surface area contributed by atoms with Crippen LogP contribution < -0.4 is 11.0 Å². The highest BCUT2D eigenvalue weighted by molar-refractivity contribution is 5.79. The molecule has 0 atom stereocenters. The van der Waals surface area contributed by atoms with Crippen molar-refractivity contribution in [1.82, 2.24) is 19.4 Å². The Kier molecular flexibility index (Phi) is 5.09. The van der Waals surface area contributed by atoms with Crippen LogP contribution in [0.3, 0.4) is 0 Å². The molecule has 2 heterocycles. The van der Waals surface area contributed by atoms with Gasteiger partial charge in [0.25, 0.3) is 0 Å². The molecule has 2 aliphatic rings. The maximum Gasteiger partial charge on any atom is 0.331 e. The number of hydrogen-bond donors (Lipinski definition) is 1. The second-order valence-corrected chi connectivity index (χ2v) is 7.78. The van der Waals surface area contributed by atoms with E-state index < -0.39 is 0 Å².